The molecule has 6 nitrogen and oxygen atoms in total. The Bertz CT molecular complexity index is 399. The number of aliphatic hydroxyl groups is 1. The zero-order valence-electron chi connectivity index (χ0n) is 12.0. The van der Waals surface area contributed by atoms with E-state index < -0.39 is 5.60 Å². The average molecular weight is 268 g/mol. The lowest BCUT2D eigenvalue weighted by Gasteiger charge is -2.35. The van der Waals surface area contributed by atoms with Gasteiger partial charge in [0.25, 0.3) is 0 Å². The van der Waals surface area contributed by atoms with Gasteiger partial charge in [0.05, 0.1) is 12.1 Å². The maximum absolute atomic E-state index is 10.5. The van der Waals surface area contributed by atoms with E-state index >= 15 is 0 Å². The van der Waals surface area contributed by atoms with E-state index in [4.69, 9.17) is 4.74 Å². The largest absolute Gasteiger partial charge is 0.388 e. The SMILES string of the molecule is CC(C)n1ncnc1CN(C)CC1(O)CCOCC1. The molecule has 1 N–H and O–H groups in total. The summed E-state index contributed by atoms with van der Waals surface area (Å²) in [6.45, 7) is 6.80. The van der Waals surface area contributed by atoms with Crippen LogP contribution < -0.4 is 0 Å². The first-order chi connectivity index (χ1) is 9.00. The Hall–Kier alpha value is -0.980. The van der Waals surface area contributed by atoms with Crippen LogP contribution in [0.2, 0.25) is 0 Å². The van der Waals surface area contributed by atoms with Crippen LogP contribution in [0.15, 0.2) is 6.33 Å². The minimum absolute atomic E-state index is 0.303. The van der Waals surface area contributed by atoms with Crippen molar-refractivity contribution in [1.29, 1.82) is 0 Å². The van der Waals surface area contributed by atoms with Gasteiger partial charge in [-0.05, 0) is 20.9 Å². The van der Waals surface area contributed by atoms with Crippen molar-refractivity contribution in [2.24, 2.45) is 0 Å². The van der Waals surface area contributed by atoms with E-state index in [0.717, 1.165) is 5.82 Å². The van der Waals surface area contributed by atoms with Gasteiger partial charge in [-0.3, -0.25) is 4.90 Å². The van der Waals surface area contributed by atoms with Crippen molar-refractivity contribution in [1.82, 2.24) is 19.7 Å². The highest BCUT2D eigenvalue weighted by molar-refractivity contribution is 4.89. The van der Waals surface area contributed by atoms with Crippen LogP contribution in [0.25, 0.3) is 0 Å². The summed E-state index contributed by atoms with van der Waals surface area (Å²) in [4.78, 5) is 6.40. The summed E-state index contributed by atoms with van der Waals surface area (Å²) in [6, 6.07) is 0.303. The minimum atomic E-state index is -0.629. The van der Waals surface area contributed by atoms with E-state index in [0.29, 0.717) is 45.2 Å². The van der Waals surface area contributed by atoms with Gasteiger partial charge in [-0.1, -0.05) is 0 Å². The third-order valence-corrected chi connectivity index (χ3v) is 3.54. The van der Waals surface area contributed by atoms with Crippen molar-refractivity contribution in [2.45, 2.75) is 44.9 Å². The fourth-order valence-corrected chi connectivity index (χ4v) is 2.53. The van der Waals surface area contributed by atoms with Gasteiger partial charge in [0.15, 0.2) is 0 Å². The first-order valence-electron chi connectivity index (χ1n) is 6.87. The fourth-order valence-electron chi connectivity index (χ4n) is 2.53. The molecule has 0 amide bonds. The zero-order chi connectivity index (χ0) is 13.9. The lowest BCUT2D eigenvalue weighted by atomic mass is 9.94. The standard InChI is InChI=1S/C13H24N4O2/c1-11(2)17-12(14-10-15-17)8-16(3)9-13(18)4-6-19-7-5-13/h10-11,18H,4-9H2,1-3H3. The maximum atomic E-state index is 10.5. The quantitative estimate of drug-likeness (QED) is 0.857. The molecule has 0 bridgehead atoms. The third kappa shape index (κ3) is 3.75. The molecule has 108 valence electrons. The van der Waals surface area contributed by atoms with E-state index in [9.17, 15) is 5.11 Å². The van der Waals surface area contributed by atoms with Crippen molar-refractivity contribution in [3.63, 3.8) is 0 Å². The van der Waals surface area contributed by atoms with Crippen LogP contribution >= 0.6 is 0 Å². The van der Waals surface area contributed by atoms with Crippen LogP contribution in [0.4, 0.5) is 0 Å². The van der Waals surface area contributed by atoms with Gasteiger partial charge in [0, 0.05) is 38.6 Å². The molecule has 1 fully saturated rings. The van der Waals surface area contributed by atoms with Gasteiger partial charge in [-0.15, -0.1) is 0 Å². The van der Waals surface area contributed by atoms with Crippen LogP contribution in [-0.2, 0) is 11.3 Å². The molecule has 1 aliphatic rings. The van der Waals surface area contributed by atoms with Crippen LogP contribution in [0.3, 0.4) is 0 Å². The molecule has 1 aliphatic heterocycles. The Balaban J connectivity index is 1.93. The topological polar surface area (TPSA) is 63.4 Å². The molecule has 0 atom stereocenters. The van der Waals surface area contributed by atoms with E-state index in [1.54, 1.807) is 6.33 Å². The van der Waals surface area contributed by atoms with E-state index in [1.165, 1.54) is 0 Å². The van der Waals surface area contributed by atoms with Gasteiger partial charge in [0.2, 0.25) is 0 Å². The zero-order valence-corrected chi connectivity index (χ0v) is 12.0. The van der Waals surface area contributed by atoms with Gasteiger partial charge >= 0.3 is 0 Å². The van der Waals surface area contributed by atoms with Gasteiger partial charge in [-0.25, -0.2) is 9.67 Å². The number of nitrogens with zero attached hydrogens (tertiary/aromatic N) is 4. The fraction of sp³-hybridized carbons (Fsp3) is 0.846. The summed E-state index contributed by atoms with van der Waals surface area (Å²) in [5.74, 6) is 0.938. The van der Waals surface area contributed by atoms with E-state index in [1.807, 2.05) is 11.7 Å². The predicted molar refractivity (Wildman–Crippen MR) is 71.7 cm³/mol. The first-order valence-corrected chi connectivity index (χ1v) is 6.87. The Morgan fingerprint density at radius 1 is 1.47 bits per heavy atom. The molecule has 1 aromatic heterocycles. The highest BCUT2D eigenvalue weighted by Crippen LogP contribution is 2.21. The number of hydrogen-bond donors (Lipinski definition) is 1. The van der Waals surface area contributed by atoms with Gasteiger partial charge in [-0.2, -0.15) is 5.10 Å². The van der Waals surface area contributed by atoms with Crippen molar-refractivity contribution in [3.8, 4) is 0 Å². The summed E-state index contributed by atoms with van der Waals surface area (Å²) in [6.07, 6.45) is 2.99. The van der Waals surface area contributed by atoms with Crippen molar-refractivity contribution in [3.05, 3.63) is 12.2 Å². The molecule has 19 heavy (non-hydrogen) atoms. The van der Waals surface area contributed by atoms with Crippen LogP contribution in [0, 0.1) is 0 Å². The minimum Gasteiger partial charge on any atom is -0.388 e. The molecule has 0 spiro atoms. The van der Waals surface area contributed by atoms with Crippen LogP contribution in [0.5, 0.6) is 0 Å². The summed E-state index contributed by atoms with van der Waals surface area (Å²) in [7, 11) is 2.01. The Morgan fingerprint density at radius 3 is 2.79 bits per heavy atom. The van der Waals surface area contributed by atoms with Crippen LogP contribution in [-0.4, -0.2) is 57.2 Å². The molecule has 1 aromatic rings. The first kappa shape index (κ1) is 14.4. The molecule has 1 saturated heterocycles. The predicted octanol–water partition coefficient (Wildman–Crippen LogP) is 0.832. The van der Waals surface area contributed by atoms with Crippen molar-refractivity contribution < 1.29 is 9.84 Å². The Kier molecular flexibility index (Phi) is 4.54. The van der Waals surface area contributed by atoms with E-state index in [-0.39, 0.29) is 0 Å². The van der Waals surface area contributed by atoms with Crippen molar-refractivity contribution in [2.75, 3.05) is 26.8 Å². The molecule has 6 heteroatoms. The average Bonchev–Trinajstić information content (AvgIpc) is 2.77. The molecule has 0 aliphatic carbocycles. The Labute approximate surface area is 114 Å². The monoisotopic (exact) mass is 268 g/mol. The molecular weight excluding hydrogens is 244 g/mol. The second-order valence-corrected chi connectivity index (χ2v) is 5.72. The molecule has 0 radical (unpaired) electrons. The Morgan fingerprint density at radius 2 is 2.16 bits per heavy atom. The number of ether oxygens (including phenoxy) is 1. The summed E-state index contributed by atoms with van der Waals surface area (Å²) >= 11 is 0. The number of likely N-dealkylation sites (N-methyl/N-ethyl adjacent to an activating group) is 1. The highest BCUT2D eigenvalue weighted by Gasteiger charge is 2.31. The molecule has 0 saturated carbocycles. The van der Waals surface area contributed by atoms with E-state index in [2.05, 4.69) is 28.8 Å². The lowest BCUT2D eigenvalue weighted by Crippen LogP contribution is -2.45. The molecule has 0 unspecified atom stereocenters. The lowest BCUT2D eigenvalue weighted by molar-refractivity contribution is -0.0780. The second kappa shape index (κ2) is 5.98. The smallest absolute Gasteiger partial charge is 0.141 e. The molecule has 2 heterocycles. The number of aromatic nitrogens is 3. The molecule has 2 rings (SSSR count). The number of rotatable bonds is 5. The number of hydrogen-bond acceptors (Lipinski definition) is 5. The molecule has 0 aromatic carbocycles. The molecular formula is C13H24N4O2. The van der Waals surface area contributed by atoms with Crippen molar-refractivity contribution >= 4 is 0 Å². The highest BCUT2D eigenvalue weighted by atomic mass is 16.5. The summed E-state index contributed by atoms with van der Waals surface area (Å²) < 4.78 is 7.22. The van der Waals surface area contributed by atoms with Crippen LogP contribution in [0.1, 0.15) is 38.6 Å². The van der Waals surface area contributed by atoms with Gasteiger partial charge in [0.1, 0.15) is 12.2 Å². The summed E-state index contributed by atoms with van der Waals surface area (Å²) in [5.41, 5.74) is -0.629. The summed E-state index contributed by atoms with van der Waals surface area (Å²) in [5, 5.41) is 14.7. The third-order valence-electron chi connectivity index (χ3n) is 3.54. The normalized spacial score (nSPS) is 19.3. The maximum Gasteiger partial charge on any atom is 0.141 e. The second-order valence-electron chi connectivity index (χ2n) is 5.72. The van der Waals surface area contributed by atoms with Gasteiger partial charge < -0.3 is 9.84 Å².